The predicted octanol–water partition coefficient (Wildman–Crippen LogP) is 3.58. The van der Waals surface area contributed by atoms with Gasteiger partial charge in [-0.1, -0.05) is 36.7 Å². The molecule has 1 fully saturated rings. The van der Waals surface area contributed by atoms with Crippen molar-refractivity contribution in [3.05, 3.63) is 48.2 Å². The van der Waals surface area contributed by atoms with Gasteiger partial charge in [0.05, 0.1) is 11.3 Å². The number of pyridine rings is 1. The average Bonchev–Trinajstić information content (AvgIpc) is 3.09. The molecular weight excluding hydrogens is 396 g/mol. The number of anilines is 1. The van der Waals surface area contributed by atoms with E-state index in [1.165, 1.54) is 37.4 Å². The Balaban J connectivity index is 1.38. The first-order valence-corrected chi connectivity index (χ1v) is 11.6. The molecule has 4 rings (SSSR count). The normalized spacial score (nSPS) is 16.9. The van der Waals surface area contributed by atoms with Crippen molar-refractivity contribution < 1.29 is 9.59 Å². The molecule has 30 heavy (non-hydrogen) atoms. The van der Waals surface area contributed by atoms with E-state index in [1.807, 2.05) is 24.3 Å². The highest BCUT2D eigenvalue weighted by Gasteiger charge is 2.29. The van der Waals surface area contributed by atoms with Crippen LogP contribution >= 0.6 is 11.8 Å². The third-order valence-corrected chi connectivity index (χ3v) is 6.67. The molecule has 0 aliphatic carbocycles. The Kier molecular flexibility index (Phi) is 7.02. The van der Waals surface area contributed by atoms with E-state index in [0.717, 1.165) is 36.6 Å². The zero-order valence-corrected chi connectivity index (χ0v) is 18.0. The Morgan fingerprint density at radius 1 is 1.07 bits per heavy atom. The summed E-state index contributed by atoms with van der Waals surface area (Å²) in [7, 11) is 0. The summed E-state index contributed by atoms with van der Waals surface area (Å²) in [4.78, 5) is 35.2. The molecule has 1 aromatic heterocycles. The van der Waals surface area contributed by atoms with E-state index in [1.54, 1.807) is 23.2 Å². The van der Waals surface area contributed by atoms with Gasteiger partial charge in [0.2, 0.25) is 5.91 Å². The molecule has 2 aromatic rings. The van der Waals surface area contributed by atoms with Gasteiger partial charge in [-0.05, 0) is 63.2 Å². The van der Waals surface area contributed by atoms with Crippen LogP contribution in [-0.4, -0.2) is 54.4 Å². The number of nitrogens with zero attached hydrogens (tertiary/aromatic N) is 3. The molecule has 7 heteroatoms. The van der Waals surface area contributed by atoms with Crippen LogP contribution in [0.1, 0.15) is 42.5 Å². The van der Waals surface area contributed by atoms with Crippen LogP contribution in [0.3, 0.4) is 0 Å². The number of nitrogens with one attached hydrogen (secondary N) is 1. The molecule has 0 atom stereocenters. The van der Waals surface area contributed by atoms with Crippen molar-refractivity contribution in [2.75, 3.05) is 37.6 Å². The number of benzene rings is 1. The molecule has 0 spiro atoms. The molecule has 6 nitrogen and oxygen atoms in total. The molecule has 0 saturated carbocycles. The van der Waals surface area contributed by atoms with Crippen molar-refractivity contribution in [1.29, 1.82) is 0 Å². The van der Waals surface area contributed by atoms with Crippen LogP contribution in [0.2, 0.25) is 0 Å². The summed E-state index contributed by atoms with van der Waals surface area (Å²) in [5.41, 5.74) is 1.29. The zero-order chi connectivity index (χ0) is 20.8. The quantitative estimate of drug-likeness (QED) is 0.718. The Hall–Kier alpha value is -2.38. The van der Waals surface area contributed by atoms with Crippen molar-refractivity contribution in [1.82, 2.24) is 15.2 Å². The Morgan fingerprint density at radius 2 is 1.87 bits per heavy atom. The third kappa shape index (κ3) is 5.02. The van der Waals surface area contributed by atoms with E-state index >= 15 is 0 Å². The van der Waals surface area contributed by atoms with Gasteiger partial charge in [-0.2, -0.15) is 0 Å². The van der Waals surface area contributed by atoms with E-state index in [4.69, 9.17) is 0 Å². The van der Waals surface area contributed by atoms with Crippen LogP contribution in [0.25, 0.3) is 0 Å². The first-order chi connectivity index (χ1) is 14.7. The lowest BCUT2D eigenvalue weighted by Gasteiger charge is -2.23. The number of carbonyl (C=O) groups is 2. The summed E-state index contributed by atoms with van der Waals surface area (Å²) >= 11 is 1.47. The first kappa shape index (κ1) is 20.9. The van der Waals surface area contributed by atoms with Gasteiger partial charge in [-0.3, -0.25) is 14.5 Å². The van der Waals surface area contributed by atoms with Gasteiger partial charge in [0.1, 0.15) is 11.6 Å². The fraction of sp³-hybridized carbons (Fsp3) is 0.435. The minimum atomic E-state index is -0.185. The number of para-hydroxylation sites is 1. The topological polar surface area (TPSA) is 65.5 Å². The van der Waals surface area contributed by atoms with Crippen LogP contribution in [0.5, 0.6) is 0 Å². The molecule has 1 aromatic carbocycles. The van der Waals surface area contributed by atoms with E-state index in [9.17, 15) is 9.59 Å². The fourth-order valence-corrected chi connectivity index (χ4v) is 5.02. The maximum atomic E-state index is 13.2. The second kappa shape index (κ2) is 10.1. The van der Waals surface area contributed by atoms with Gasteiger partial charge in [0, 0.05) is 17.6 Å². The number of hydrogen-bond acceptors (Lipinski definition) is 5. The van der Waals surface area contributed by atoms with Crippen LogP contribution in [0.15, 0.2) is 52.5 Å². The average molecular weight is 425 g/mol. The number of carbonyl (C=O) groups excluding carboxylic acids is 2. The summed E-state index contributed by atoms with van der Waals surface area (Å²) in [6.07, 6.45) is 7.83. The lowest BCUT2D eigenvalue weighted by Crippen LogP contribution is -2.41. The largest absolute Gasteiger partial charge is 0.355 e. The Morgan fingerprint density at radius 3 is 2.70 bits per heavy atom. The van der Waals surface area contributed by atoms with Crippen molar-refractivity contribution in [2.45, 2.75) is 42.0 Å². The summed E-state index contributed by atoms with van der Waals surface area (Å²) in [6, 6.07) is 11.2. The summed E-state index contributed by atoms with van der Waals surface area (Å²) in [6.45, 7) is 3.98. The first-order valence-electron chi connectivity index (χ1n) is 10.8. The number of aromatic nitrogens is 1. The molecular formula is C23H28N4O2S. The smallest absolute Gasteiger partial charge is 0.261 e. The lowest BCUT2D eigenvalue weighted by molar-refractivity contribution is -0.119. The van der Waals surface area contributed by atoms with Gasteiger partial charge in [-0.15, -0.1) is 0 Å². The van der Waals surface area contributed by atoms with Crippen LogP contribution < -0.4 is 10.2 Å². The van der Waals surface area contributed by atoms with Crippen molar-refractivity contribution in [3.8, 4) is 0 Å². The van der Waals surface area contributed by atoms with Crippen molar-refractivity contribution >= 4 is 29.3 Å². The number of rotatable bonds is 6. The Labute approximate surface area is 182 Å². The van der Waals surface area contributed by atoms with E-state index < -0.39 is 0 Å². The highest BCUT2D eigenvalue weighted by atomic mass is 32.2. The van der Waals surface area contributed by atoms with E-state index in [-0.39, 0.29) is 18.4 Å². The molecule has 158 valence electrons. The summed E-state index contributed by atoms with van der Waals surface area (Å²) < 4.78 is 0. The minimum Gasteiger partial charge on any atom is -0.355 e. The molecule has 2 aliphatic rings. The lowest BCUT2D eigenvalue weighted by atomic mass is 10.2. The molecule has 1 saturated heterocycles. The van der Waals surface area contributed by atoms with Crippen molar-refractivity contribution in [3.63, 3.8) is 0 Å². The molecule has 2 amide bonds. The summed E-state index contributed by atoms with van der Waals surface area (Å²) in [5, 5.41) is 3.68. The molecule has 3 heterocycles. The highest BCUT2D eigenvalue weighted by molar-refractivity contribution is 7.99. The molecule has 2 aliphatic heterocycles. The van der Waals surface area contributed by atoms with E-state index in [0.29, 0.717) is 17.1 Å². The second-order valence-electron chi connectivity index (χ2n) is 7.78. The molecule has 1 N–H and O–H groups in total. The zero-order valence-electron chi connectivity index (χ0n) is 17.2. The van der Waals surface area contributed by atoms with Gasteiger partial charge in [-0.25, -0.2) is 4.98 Å². The van der Waals surface area contributed by atoms with Crippen molar-refractivity contribution in [2.24, 2.45) is 0 Å². The Bertz CT molecular complexity index is 896. The maximum absolute atomic E-state index is 13.2. The highest BCUT2D eigenvalue weighted by Crippen LogP contribution is 2.39. The number of amides is 2. The van der Waals surface area contributed by atoms with Crippen LogP contribution in [-0.2, 0) is 4.79 Å². The monoisotopic (exact) mass is 424 g/mol. The number of hydrogen-bond donors (Lipinski definition) is 1. The number of likely N-dealkylation sites (tertiary alicyclic amines) is 1. The van der Waals surface area contributed by atoms with Crippen LogP contribution in [0, 0.1) is 0 Å². The fourth-order valence-electron chi connectivity index (χ4n) is 4.01. The van der Waals surface area contributed by atoms with Gasteiger partial charge >= 0.3 is 0 Å². The number of fused-ring (bicyclic) bond motifs is 2. The minimum absolute atomic E-state index is 0.00839. The van der Waals surface area contributed by atoms with Gasteiger partial charge in [0.25, 0.3) is 5.91 Å². The second-order valence-corrected chi connectivity index (χ2v) is 8.81. The summed E-state index contributed by atoms with van der Waals surface area (Å²) in [5.74, 6) is -0.318. The standard InChI is InChI=1S/C23H28N4O2S/c28-21(24-13-8-16-26-14-5-1-2-6-15-26)17-27-19-10-3-4-11-20(19)30-22-18(23(27)29)9-7-12-25-22/h3-4,7,9-12H,1-2,5-6,8,13-17H2,(H,24,28). The van der Waals surface area contributed by atoms with Gasteiger partial charge in [0.15, 0.2) is 0 Å². The van der Waals surface area contributed by atoms with Crippen LogP contribution in [0.4, 0.5) is 5.69 Å². The molecule has 0 bridgehead atoms. The van der Waals surface area contributed by atoms with Gasteiger partial charge < -0.3 is 10.2 Å². The third-order valence-electron chi connectivity index (χ3n) is 5.58. The molecule has 0 radical (unpaired) electrons. The maximum Gasteiger partial charge on any atom is 0.261 e. The predicted molar refractivity (Wildman–Crippen MR) is 119 cm³/mol. The van der Waals surface area contributed by atoms with E-state index in [2.05, 4.69) is 15.2 Å². The molecule has 0 unspecified atom stereocenters. The SMILES string of the molecule is O=C(CN1C(=O)c2cccnc2Sc2ccccc21)NCCCN1CCCCCC1.